The van der Waals surface area contributed by atoms with Crippen LogP contribution in [0.4, 0.5) is 5.69 Å². The van der Waals surface area contributed by atoms with Gasteiger partial charge in [-0.15, -0.1) is 0 Å². The van der Waals surface area contributed by atoms with Crippen molar-refractivity contribution in [2.24, 2.45) is 0 Å². The van der Waals surface area contributed by atoms with Crippen molar-refractivity contribution in [2.75, 3.05) is 25.5 Å². The predicted octanol–water partition coefficient (Wildman–Crippen LogP) is 2.76. The summed E-state index contributed by atoms with van der Waals surface area (Å²) in [6, 6.07) is 12.6. The summed E-state index contributed by atoms with van der Waals surface area (Å²) in [5, 5.41) is 3.12. The first kappa shape index (κ1) is 22.2. The maximum Gasteiger partial charge on any atom is 0.244 e. The molecule has 0 aromatic heterocycles. The van der Waals surface area contributed by atoms with Gasteiger partial charge >= 0.3 is 0 Å². The molecule has 0 heterocycles. The molecule has 2 N–H and O–H groups in total. The molecule has 0 unspecified atom stereocenters. The lowest BCUT2D eigenvalue weighted by molar-refractivity contribution is -0.133. The van der Waals surface area contributed by atoms with Crippen molar-refractivity contribution in [3.63, 3.8) is 0 Å². The summed E-state index contributed by atoms with van der Waals surface area (Å²) in [5.41, 5.74) is 0.271. The van der Waals surface area contributed by atoms with Crippen molar-refractivity contribution >= 4 is 50.7 Å². The first-order valence-corrected chi connectivity index (χ1v) is 10.5. The van der Waals surface area contributed by atoms with Gasteiger partial charge in [0.1, 0.15) is 0 Å². The lowest BCUT2D eigenvalue weighted by Gasteiger charge is -2.17. The van der Waals surface area contributed by atoms with Crippen molar-refractivity contribution in [1.29, 1.82) is 0 Å². The number of rotatable bonds is 8. The third-order valence-corrected chi connectivity index (χ3v) is 5.83. The highest BCUT2D eigenvalue weighted by Gasteiger charge is 2.17. The van der Waals surface area contributed by atoms with Crippen molar-refractivity contribution in [1.82, 2.24) is 9.62 Å². The Morgan fingerprint density at radius 1 is 1.00 bits per heavy atom. The third-order valence-electron chi connectivity index (χ3n) is 3.72. The van der Waals surface area contributed by atoms with Crippen molar-refractivity contribution in [2.45, 2.75) is 11.3 Å². The number of para-hydroxylation sites is 1. The molecule has 0 fully saturated rings. The average molecular weight is 444 g/mol. The van der Waals surface area contributed by atoms with Crippen molar-refractivity contribution < 1.29 is 18.0 Å². The Labute approximate surface area is 173 Å². The van der Waals surface area contributed by atoms with Crippen LogP contribution < -0.4 is 10.0 Å². The van der Waals surface area contributed by atoms with Gasteiger partial charge in [-0.1, -0.05) is 47.5 Å². The van der Waals surface area contributed by atoms with E-state index in [1.165, 1.54) is 24.1 Å². The molecule has 0 aliphatic carbocycles. The molecule has 150 valence electrons. The molecule has 2 aromatic rings. The van der Waals surface area contributed by atoms with Gasteiger partial charge in [0, 0.05) is 20.0 Å². The minimum atomic E-state index is -3.68. The van der Waals surface area contributed by atoms with E-state index in [1.54, 1.807) is 36.4 Å². The summed E-state index contributed by atoms with van der Waals surface area (Å²) in [7, 11) is -2.24. The second kappa shape index (κ2) is 9.88. The SMILES string of the molecule is CN(CC(=O)Nc1c(Cl)cccc1Cl)C(=O)CCNS(=O)(=O)c1ccccc1. The summed E-state index contributed by atoms with van der Waals surface area (Å²) in [4.78, 5) is 25.6. The fraction of sp³-hybridized carbons (Fsp3) is 0.222. The topological polar surface area (TPSA) is 95.6 Å². The molecule has 0 spiro atoms. The van der Waals surface area contributed by atoms with Gasteiger partial charge in [0.05, 0.1) is 27.2 Å². The van der Waals surface area contributed by atoms with Gasteiger partial charge < -0.3 is 10.2 Å². The van der Waals surface area contributed by atoms with Crippen LogP contribution in [0.3, 0.4) is 0 Å². The van der Waals surface area contributed by atoms with E-state index < -0.39 is 21.8 Å². The van der Waals surface area contributed by atoms with Crippen LogP contribution >= 0.6 is 23.2 Å². The number of amides is 2. The number of hydrogen-bond acceptors (Lipinski definition) is 4. The smallest absolute Gasteiger partial charge is 0.244 e. The number of nitrogens with zero attached hydrogens (tertiary/aromatic N) is 1. The molecule has 2 aromatic carbocycles. The van der Waals surface area contributed by atoms with Gasteiger partial charge in [-0.05, 0) is 24.3 Å². The molecule has 0 saturated heterocycles. The maximum absolute atomic E-state index is 12.1. The van der Waals surface area contributed by atoms with Gasteiger partial charge in [-0.25, -0.2) is 13.1 Å². The Kier molecular flexibility index (Phi) is 7.82. The molecule has 2 amide bonds. The molecule has 7 nitrogen and oxygen atoms in total. The molecule has 0 aliphatic heterocycles. The number of benzene rings is 2. The van der Waals surface area contributed by atoms with Crippen LogP contribution in [-0.4, -0.2) is 45.3 Å². The van der Waals surface area contributed by atoms with Crippen LogP contribution in [0.25, 0.3) is 0 Å². The first-order chi connectivity index (χ1) is 13.2. The molecule has 10 heteroatoms. The summed E-state index contributed by atoms with van der Waals surface area (Å²) in [6.45, 7) is -0.315. The van der Waals surface area contributed by atoms with Crippen LogP contribution in [0.2, 0.25) is 10.0 Å². The standard InChI is InChI=1S/C18H19Cl2N3O4S/c1-23(12-16(24)22-18-14(19)8-5-9-15(18)20)17(25)10-11-21-28(26,27)13-6-3-2-4-7-13/h2-9,21H,10-12H2,1H3,(H,22,24). The molecule has 0 saturated carbocycles. The number of anilines is 1. The van der Waals surface area contributed by atoms with Crippen molar-refractivity contribution in [3.05, 3.63) is 58.6 Å². The highest BCUT2D eigenvalue weighted by molar-refractivity contribution is 7.89. The molecule has 0 atom stereocenters. The fourth-order valence-corrected chi connectivity index (χ4v) is 3.81. The number of likely N-dealkylation sites (N-methyl/N-ethyl adjacent to an activating group) is 1. The van der Waals surface area contributed by atoms with E-state index in [9.17, 15) is 18.0 Å². The zero-order valence-corrected chi connectivity index (χ0v) is 17.3. The van der Waals surface area contributed by atoms with Gasteiger partial charge in [-0.3, -0.25) is 9.59 Å². The van der Waals surface area contributed by atoms with Gasteiger partial charge in [-0.2, -0.15) is 0 Å². The molecule has 0 bridgehead atoms. The van der Waals surface area contributed by atoms with Crippen LogP contribution in [0.1, 0.15) is 6.42 Å². The van der Waals surface area contributed by atoms with Crippen LogP contribution in [0, 0.1) is 0 Å². The fourth-order valence-electron chi connectivity index (χ4n) is 2.27. The maximum atomic E-state index is 12.1. The minimum Gasteiger partial charge on any atom is -0.336 e. The Morgan fingerprint density at radius 2 is 1.61 bits per heavy atom. The largest absolute Gasteiger partial charge is 0.336 e. The molecule has 0 aliphatic rings. The number of carbonyl (C=O) groups excluding carboxylic acids is 2. The Bertz CT molecular complexity index is 932. The lowest BCUT2D eigenvalue weighted by atomic mass is 10.3. The molecular weight excluding hydrogens is 425 g/mol. The Morgan fingerprint density at radius 3 is 2.21 bits per heavy atom. The van der Waals surface area contributed by atoms with E-state index in [0.29, 0.717) is 0 Å². The highest BCUT2D eigenvalue weighted by Crippen LogP contribution is 2.29. The van der Waals surface area contributed by atoms with Gasteiger partial charge in [0.15, 0.2) is 0 Å². The van der Waals surface area contributed by atoms with Gasteiger partial charge in [0.25, 0.3) is 0 Å². The van der Waals surface area contributed by atoms with E-state index in [1.807, 2.05) is 0 Å². The van der Waals surface area contributed by atoms with E-state index >= 15 is 0 Å². The van der Waals surface area contributed by atoms with E-state index in [2.05, 4.69) is 10.0 Å². The Balaban J connectivity index is 1.83. The van der Waals surface area contributed by atoms with Gasteiger partial charge in [0.2, 0.25) is 21.8 Å². The number of nitrogens with one attached hydrogen (secondary N) is 2. The zero-order chi connectivity index (χ0) is 20.7. The number of sulfonamides is 1. The zero-order valence-electron chi connectivity index (χ0n) is 15.0. The highest BCUT2D eigenvalue weighted by atomic mass is 35.5. The summed E-state index contributed by atoms with van der Waals surface area (Å²) < 4.78 is 26.6. The summed E-state index contributed by atoms with van der Waals surface area (Å²) in [5.74, 6) is -0.869. The number of halogens is 2. The quantitative estimate of drug-likeness (QED) is 0.655. The molecule has 28 heavy (non-hydrogen) atoms. The summed E-state index contributed by atoms with van der Waals surface area (Å²) >= 11 is 12.0. The lowest BCUT2D eigenvalue weighted by Crippen LogP contribution is -2.37. The van der Waals surface area contributed by atoms with Crippen LogP contribution in [-0.2, 0) is 19.6 Å². The van der Waals surface area contributed by atoms with Crippen LogP contribution in [0.15, 0.2) is 53.4 Å². The predicted molar refractivity (Wildman–Crippen MR) is 109 cm³/mol. The minimum absolute atomic E-state index is 0.0850. The second-order valence-corrected chi connectivity index (χ2v) is 8.44. The molecule has 0 radical (unpaired) electrons. The number of hydrogen-bond donors (Lipinski definition) is 2. The van der Waals surface area contributed by atoms with E-state index in [0.717, 1.165) is 0 Å². The second-order valence-electron chi connectivity index (χ2n) is 5.86. The first-order valence-electron chi connectivity index (χ1n) is 8.23. The van der Waals surface area contributed by atoms with E-state index in [-0.39, 0.29) is 40.1 Å². The van der Waals surface area contributed by atoms with Crippen molar-refractivity contribution in [3.8, 4) is 0 Å². The molecule has 2 rings (SSSR count). The number of carbonyl (C=O) groups is 2. The summed E-state index contributed by atoms with van der Waals surface area (Å²) in [6.07, 6.45) is -0.0946. The van der Waals surface area contributed by atoms with E-state index in [4.69, 9.17) is 23.2 Å². The normalized spacial score (nSPS) is 11.1. The monoisotopic (exact) mass is 443 g/mol. The molecular formula is C18H19Cl2N3O4S. The average Bonchev–Trinajstić information content (AvgIpc) is 2.65. The third kappa shape index (κ3) is 6.20. The van der Waals surface area contributed by atoms with Crippen LogP contribution in [0.5, 0.6) is 0 Å². The Hall–Kier alpha value is -2.13.